The predicted molar refractivity (Wildman–Crippen MR) is 49.2 cm³/mol. The second-order valence-electron chi connectivity index (χ2n) is 3.02. The summed E-state index contributed by atoms with van der Waals surface area (Å²) in [5.41, 5.74) is 1.25. The van der Waals surface area contributed by atoms with Gasteiger partial charge >= 0.3 is 0 Å². The van der Waals surface area contributed by atoms with E-state index >= 15 is 0 Å². The van der Waals surface area contributed by atoms with Crippen molar-refractivity contribution in [3.63, 3.8) is 0 Å². The first-order valence-corrected chi connectivity index (χ1v) is 4.72. The first-order valence-electron chi connectivity index (χ1n) is 3.84. The van der Waals surface area contributed by atoms with Gasteiger partial charge in [-0.2, -0.15) is 0 Å². The Bertz CT molecular complexity index is 227. The quantitative estimate of drug-likeness (QED) is 0.723. The van der Waals surface area contributed by atoms with Gasteiger partial charge in [-0.25, -0.2) is 0 Å². The van der Waals surface area contributed by atoms with E-state index in [1.54, 1.807) is 11.3 Å². The first-order chi connectivity index (χ1) is 5.11. The van der Waals surface area contributed by atoms with Crippen molar-refractivity contribution in [2.45, 2.75) is 32.8 Å². The number of thiophene rings is 1. The second kappa shape index (κ2) is 3.37. The Hall–Kier alpha value is -0.340. The number of aliphatic hydroxyl groups excluding tert-OH is 1. The van der Waals surface area contributed by atoms with Crippen LogP contribution < -0.4 is 0 Å². The van der Waals surface area contributed by atoms with Crippen molar-refractivity contribution in [3.05, 3.63) is 21.9 Å². The van der Waals surface area contributed by atoms with Crippen LogP contribution in [0.5, 0.6) is 0 Å². The molecule has 0 aliphatic carbocycles. The number of rotatable bonds is 2. The molecule has 1 N–H and O–H groups in total. The molecule has 1 rings (SSSR count). The summed E-state index contributed by atoms with van der Waals surface area (Å²) in [5.74, 6) is 0.264. The second-order valence-corrected chi connectivity index (χ2v) is 4.14. The van der Waals surface area contributed by atoms with Crippen molar-refractivity contribution in [1.82, 2.24) is 0 Å². The van der Waals surface area contributed by atoms with Gasteiger partial charge in [0.05, 0.1) is 6.10 Å². The van der Waals surface area contributed by atoms with Gasteiger partial charge in [0.2, 0.25) is 0 Å². The largest absolute Gasteiger partial charge is 0.393 e. The summed E-state index contributed by atoms with van der Waals surface area (Å²) in [6.45, 7) is 5.97. The Morgan fingerprint density at radius 2 is 2.09 bits per heavy atom. The van der Waals surface area contributed by atoms with Crippen LogP contribution in [-0.4, -0.2) is 11.2 Å². The predicted octanol–water partition coefficient (Wildman–Crippen LogP) is 2.54. The fraction of sp³-hybridized carbons (Fsp3) is 0.556. The van der Waals surface area contributed by atoms with E-state index in [0.717, 1.165) is 0 Å². The minimum Gasteiger partial charge on any atom is -0.393 e. The fourth-order valence-corrected chi connectivity index (χ4v) is 1.79. The number of hydrogen-bond donors (Lipinski definition) is 1. The monoisotopic (exact) mass is 170 g/mol. The highest BCUT2D eigenvalue weighted by atomic mass is 32.1. The lowest BCUT2D eigenvalue weighted by Gasteiger charge is -2.11. The van der Waals surface area contributed by atoms with Crippen LogP contribution in [0, 0.1) is 6.92 Å². The Morgan fingerprint density at radius 1 is 1.45 bits per heavy atom. The zero-order valence-electron chi connectivity index (χ0n) is 7.16. The van der Waals surface area contributed by atoms with Gasteiger partial charge in [0, 0.05) is 10.8 Å². The highest BCUT2D eigenvalue weighted by Gasteiger charge is 2.11. The van der Waals surface area contributed by atoms with E-state index in [0.29, 0.717) is 0 Å². The summed E-state index contributed by atoms with van der Waals surface area (Å²) in [7, 11) is 0. The van der Waals surface area contributed by atoms with Crippen molar-refractivity contribution < 1.29 is 5.11 Å². The maximum atomic E-state index is 9.29. The maximum absolute atomic E-state index is 9.29. The summed E-state index contributed by atoms with van der Waals surface area (Å²) in [4.78, 5) is 1.31. The summed E-state index contributed by atoms with van der Waals surface area (Å²) in [6.07, 6.45) is -0.246. The zero-order valence-corrected chi connectivity index (χ0v) is 7.98. The van der Waals surface area contributed by atoms with E-state index in [-0.39, 0.29) is 12.0 Å². The molecule has 0 radical (unpaired) electrons. The van der Waals surface area contributed by atoms with E-state index in [1.807, 2.05) is 13.8 Å². The SMILES string of the molecule is Cc1cc(C(C)C(C)O)cs1. The zero-order chi connectivity index (χ0) is 8.43. The molecule has 2 heteroatoms. The molecule has 1 aromatic heterocycles. The number of aliphatic hydroxyl groups is 1. The van der Waals surface area contributed by atoms with Crippen LogP contribution in [0.1, 0.15) is 30.2 Å². The summed E-state index contributed by atoms with van der Waals surface area (Å²) in [5, 5.41) is 11.4. The summed E-state index contributed by atoms with van der Waals surface area (Å²) in [6, 6.07) is 2.14. The van der Waals surface area contributed by atoms with Crippen LogP contribution in [0.3, 0.4) is 0 Å². The van der Waals surface area contributed by atoms with Gasteiger partial charge in [0.15, 0.2) is 0 Å². The molecule has 0 spiro atoms. The summed E-state index contributed by atoms with van der Waals surface area (Å²) >= 11 is 1.74. The molecular weight excluding hydrogens is 156 g/mol. The van der Waals surface area contributed by atoms with Crippen LogP contribution in [0.2, 0.25) is 0 Å². The molecule has 0 saturated carbocycles. The van der Waals surface area contributed by atoms with Gasteiger partial charge in [-0.1, -0.05) is 6.92 Å². The summed E-state index contributed by atoms with van der Waals surface area (Å²) < 4.78 is 0. The van der Waals surface area contributed by atoms with Crippen LogP contribution in [-0.2, 0) is 0 Å². The molecule has 2 unspecified atom stereocenters. The van der Waals surface area contributed by atoms with Gasteiger partial charge in [-0.05, 0) is 30.9 Å². The van der Waals surface area contributed by atoms with Gasteiger partial charge in [-0.15, -0.1) is 11.3 Å². The Kier molecular flexibility index (Phi) is 2.68. The van der Waals surface area contributed by atoms with Crippen molar-refractivity contribution in [3.8, 4) is 0 Å². The maximum Gasteiger partial charge on any atom is 0.0578 e. The normalized spacial score (nSPS) is 16.4. The Labute approximate surface area is 71.7 Å². The van der Waals surface area contributed by atoms with E-state index in [2.05, 4.69) is 18.4 Å². The van der Waals surface area contributed by atoms with E-state index in [4.69, 9.17) is 0 Å². The lowest BCUT2D eigenvalue weighted by molar-refractivity contribution is 0.169. The van der Waals surface area contributed by atoms with Crippen molar-refractivity contribution in [1.29, 1.82) is 0 Å². The van der Waals surface area contributed by atoms with Gasteiger partial charge in [0.25, 0.3) is 0 Å². The Morgan fingerprint density at radius 3 is 2.45 bits per heavy atom. The van der Waals surface area contributed by atoms with Crippen LogP contribution >= 0.6 is 11.3 Å². The molecule has 1 nitrogen and oxygen atoms in total. The third-order valence-corrected chi connectivity index (χ3v) is 2.88. The highest BCUT2D eigenvalue weighted by molar-refractivity contribution is 7.10. The number of hydrogen-bond acceptors (Lipinski definition) is 2. The lowest BCUT2D eigenvalue weighted by Crippen LogP contribution is -2.09. The van der Waals surface area contributed by atoms with Crippen molar-refractivity contribution in [2.24, 2.45) is 0 Å². The molecule has 0 aliphatic heterocycles. The first kappa shape index (κ1) is 8.75. The van der Waals surface area contributed by atoms with Crippen molar-refractivity contribution >= 4 is 11.3 Å². The molecule has 0 fully saturated rings. The lowest BCUT2D eigenvalue weighted by atomic mass is 9.99. The smallest absolute Gasteiger partial charge is 0.0578 e. The molecule has 0 aliphatic rings. The van der Waals surface area contributed by atoms with Gasteiger partial charge in [0.1, 0.15) is 0 Å². The average Bonchev–Trinajstić information content (AvgIpc) is 2.34. The highest BCUT2D eigenvalue weighted by Crippen LogP contribution is 2.23. The molecule has 62 valence electrons. The molecule has 0 amide bonds. The molecular formula is C9H14OS. The fourth-order valence-electron chi connectivity index (χ4n) is 0.981. The number of aryl methyl sites for hydroxylation is 1. The molecule has 0 bridgehead atoms. The van der Waals surface area contributed by atoms with Crippen LogP contribution in [0.25, 0.3) is 0 Å². The van der Waals surface area contributed by atoms with Crippen LogP contribution in [0.4, 0.5) is 0 Å². The molecule has 1 aromatic rings. The molecule has 2 atom stereocenters. The minimum atomic E-state index is -0.246. The molecule has 11 heavy (non-hydrogen) atoms. The third-order valence-electron chi connectivity index (χ3n) is 2.00. The third kappa shape index (κ3) is 2.04. The minimum absolute atomic E-state index is 0.246. The van der Waals surface area contributed by atoms with Crippen molar-refractivity contribution in [2.75, 3.05) is 0 Å². The molecule has 0 saturated heterocycles. The Balaban J connectivity index is 2.76. The molecule has 0 aromatic carbocycles. The topological polar surface area (TPSA) is 20.2 Å². The van der Waals surface area contributed by atoms with Gasteiger partial charge < -0.3 is 5.11 Å². The van der Waals surface area contributed by atoms with Crippen LogP contribution in [0.15, 0.2) is 11.4 Å². The van der Waals surface area contributed by atoms with Gasteiger partial charge in [-0.3, -0.25) is 0 Å². The van der Waals surface area contributed by atoms with E-state index < -0.39 is 0 Å². The average molecular weight is 170 g/mol. The molecule has 1 heterocycles. The van der Waals surface area contributed by atoms with E-state index in [9.17, 15) is 5.11 Å². The van der Waals surface area contributed by atoms with E-state index in [1.165, 1.54) is 10.4 Å². The standard InChI is InChI=1S/C9H14OS/c1-6-4-9(5-11-6)7(2)8(3)10/h4-5,7-8,10H,1-3H3.